The first-order valence-electron chi connectivity index (χ1n) is 11.0. The van der Waals surface area contributed by atoms with Crippen LogP contribution in [0.1, 0.15) is 42.4 Å². The Labute approximate surface area is 195 Å². The van der Waals surface area contributed by atoms with Gasteiger partial charge in [0, 0.05) is 13.0 Å². The van der Waals surface area contributed by atoms with E-state index in [9.17, 15) is 13.2 Å². The molecule has 1 N–H and O–H groups in total. The van der Waals surface area contributed by atoms with Crippen molar-refractivity contribution < 1.29 is 22.1 Å². The number of hydrogen-bond donors (Lipinski definition) is 1. The fourth-order valence-corrected chi connectivity index (χ4v) is 4.91. The van der Waals surface area contributed by atoms with E-state index in [1.807, 2.05) is 13.0 Å². The fraction of sp³-hybridized carbons (Fsp3) is 0.417. The van der Waals surface area contributed by atoms with Gasteiger partial charge in [0.05, 0.1) is 13.3 Å². The number of amides is 1. The van der Waals surface area contributed by atoms with Gasteiger partial charge in [-0.1, -0.05) is 18.6 Å². The lowest BCUT2D eigenvalue weighted by Gasteiger charge is -2.25. The van der Waals surface area contributed by atoms with Crippen molar-refractivity contribution in [2.24, 2.45) is 5.10 Å². The molecule has 0 radical (unpaired) electrons. The van der Waals surface area contributed by atoms with Gasteiger partial charge in [0.2, 0.25) is 5.91 Å². The molecule has 178 valence electrons. The average molecular weight is 474 g/mol. The molecule has 2 aromatic rings. The number of likely N-dealkylation sites (tertiary alicyclic amines) is 1. The van der Waals surface area contributed by atoms with Crippen molar-refractivity contribution >= 4 is 22.2 Å². The molecule has 0 unspecified atom stereocenters. The molecule has 33 heavy (non-hydrogen) atoms. The van der Waals surface area contributed by atoms with Crippen LogP contribution >= 0.6 is 0 Å². The summed E-state index contributed by atoms with van der Waals surface area (Å²) in [5.41, 5.74) is 4.57. The average Bonchev–Trinajstić information content (AvgIpc) is 2.80. The summed E-state index contributed by atoms with van der Waals surface area (Å²) in [7, 11) is -2.60. The van der Waals surface area contributed by atoms with Crippen molar-refractivity contribution in [3.05, 3.63) is 53.1 Å². The molecule has 3 rings (SSSR count). The Morgan fingerprint density at radius 2 is 1.85 bits per heavy atom. The first kappa shape index (κ1) is 24.7. The lowest BCUT2D eigenvalue weighted by molar-refractivity contribution is -0.121. The zero-order valence-corrected chi connectivity index (χ0v) is 20.2. The summed E-state index contributed by atoms with van der Waals surface area (Å²) in [6.07, 6.45) is 5.51. The van der Waals surface area contributed by atoms with Crippen LogP contribution in [0.15, 0.2) is 46.4 Å². The maximum atomic E-state index is 12.8. The number of rotatable bonds is 9. The minimum atomic E-state index is -4.03. The van der Waals surface area contributed by atoms with Gasteiger partial charge in [-0.2, -0.15) is 13.5 Å². The molecule has 1 fully saturated rings. The van der Waals surface area contributed by atoms with Crippen LogP contribution in [-0.4, -0.2) is 52.2 Å². The first-order valence-corrected chi connectivity index (χ1v) is 12.4. The van der Waals surface area contributed by atoms with Crippen molar-refractivity contribution in [1.29, 1.82) is 0 Å². The van der Waals surface area contributed by atoms with Crippen LogP contribution in [-0.2, 0) is 14.9 Å². The Bertz CT molecular complexity index is 1110. The number of carbonyl (C=O) groups excluding carboxylic acids is 1. The Hall–Kier alpha value is -2.91. The molecule has 0 saturated carbocycles. The lowest BCUT2D eigenvalue weighted by atomic mass is 10.1. The zero-order valence-electron chi connectivity index (χ0n) is 19.3. The quantitative estimate of drug-likeness (QED) is 0.341. The van der Waals surface area contributed by atoms with Gasteiger partial charge in [-0.25, -0.2) is 5.43 Å². The number of methoxy groups -OCH3 is 1. The normalized spacial score (nSPS) is 14.9. The number of nitrogens with zero attached hydrogens (tertiary/aromatic N) is 2. The molecule has 0 atom stereocenters. The van der Waals surface area contributed by atoms with E-state index in [0.717, 1.165) is 25.2 Å². The Morgan fingerprint density at radius 3 is 2.58 bits per heavy atom. The number of piperidine rings is 1. The number of hydrazone groups is 1. The van der Waals surface area contributed by atoms with Gasteiger partial charge < -0.3 is 13.8 Å². The van der Waals surface area contributed by atoms with Crippen LogP contribution in [0, 0.1) is 13.8 Å². The second kappa shape index (κ2) is 11.3. The Morgan fingerprint density at radius 1 is 1.09 bits per heavy atom. The predicted octanol–water partition coefficient (Wildman–Crippen LogP) is 3.41. The second-order valence-corrected chi connectivity index (χ2v) is 9.68. The number of hydrogen-bond acceptors (Lipinski definition) is 7. The van der Waals surface area contributed by atoms with E-state index >= 15 is 0 Å². The van der Waals surface area contributed by atoms with Crippen molar-refractivity contribution in [2.75, 3.05) is 26.7 Å². The SMILES string of the molecule is COc1cc(/C=N/NC(=O)CCN2CCCCC2)ccc1OS(=O)(=O)c1cc(C)ccc1C. The topological polar surface area (TPSA) is 97.3 Å². The molecule has 9 heteroatoms. The highest BCUT2D eigenvalue weighted by Crippen LogP contribution is 2.31. The Balaban J connectivity index is 1.62. The molecule has 0 spiro atoms. The van der Waals surface area contributed by atoms with E-state index in [2.05, 4.69) is 15.4 Å². The van der Waals surface area contributed by atoms with Crippen molar-refractivity contribution in [2.45, 2.75) is 44.4 Å². The van der Waals surface area contributed by atoms with Crippen LogP contribution in [0.25, 0.3) is 0 Å². The van der Waals surface area contributed by atoms with E-state index < -0.39 is 10.1 Å². The minimum absolute atomic E-state index is 0.0705. The number of carbonyl (C=O) groups is 1. The van der Waals surface area contributed by atoms with Gasteiger partial charge in [0.25, 0.3) is 0 Å². The molecule has 0 aliphatic carbocycles. The van der Waals surface area contributed by atoms with Gasteiger partial charge in [-0.3, -0.25) is 4.79 Å². The maximum Gasteiger partial charge on any atom is 0.339 e. The lowest BCUT2D eigenvalue weighted by Crippen LogP contribution is -2.33. The van der Waals surface area contributed by atoms with Crippen LogP contribution < -0.4 is 14.3 Å². The maximum absolute atomic E-state index is 12.8. The van der Waals surface area contributed by atoms with Crippen LogP contribution in [0.3, 0.4) is 0 Å². The molecule has 1 amide bonds. The highest BCUT2D eigenvalue weighted by molar-refractivity contribution is 7.87. The molecule has 8 nitrogen and oxygen atoms in total. The van der Waals surface area contributed by atoms with E-state index in [1.54, 1.807) is 31.2 Å². The summed E-state index contributed by atoms with van der Waals surface area (Å²) in [4.78, 5) is 14.4. The third-order valence-electron chi connectivity index (χ3n) is 5.51. The van der Waals surface area contributed by atoms with Gasteiger partial charge in [0.15, 0.2) is 11.5 Å². The van der Waals surface area contributed by atoms with E-state index in [0.29, 0.717) is 17.5 Å². The van der Waals surface area contributed by atoms with Crippen LogP contribution in [0.5, 0.6) is 11.5 Å². The molecule has 1 heterocycles. The van der Waals surface area contributed by atoms with Crippen molar-refractivity contribution in [3.8, 4) is 11.5 Å². The van der Waals surface area contributed by atoms with Crippen molar-refractivity contribution in [3.63, 3.8) is 0 Å². The van der Waals surface area contributed by atoms with E-state index in [4.69, 9.17) is 8.92 Å². The molecule has 0 bridgehead atoms. The van der Waals surface area contributed by atoms with E-state index in [1.165, 1.54) is 38.7 Å². The highest BCUT2D eigenvalue weighted by Gasteiger charge is 2.21. The summed E-state index contributed by atoms with van der Waals surface area (Å²) in [6.45, 7) is 6.36. The monoisotopic (exact) mass is 473 g/mol. The summed E-state index contributed by atoms with van der Waals surface area (Å²) < 4.78 is 36.3. The van der Waals surface area contributed by atoms with Gasteiger partial charge in [0.1, 0.15) is 4.90 Å². The zero-order chi connectivity index (χ0) is 23.8. The summed E-state index contributed by atoms with van der Waals surface area (Å²) >= 11 is 0. The Kier molecular flexibility index (Phi) is 8.46. The molecule has 1 saturated heterocycles. The standard InChI is InChI=1S/C24H31N3O5S/c1-18-7-8-19(2)23(15-18)33(29,30)32-21-10-9-20(16-22(21)31-3)17-25-26-24(28)11-14-27-12-5-4-6-13-27/h7-10,15-17H,4-6,11-14H2,1-3H3,(H,26,28)/b25-17+. The largest absolute Gasteiger partial charge is 0.493 e. The third kappa shape index (κ3) is 7.03. The number of ether oxygens (including phenoxy) is 1. The minimum Gasteiger partial charge on any atom is -0.493 e. The third-order valence-corrected chi connectivity index (χ3v) is 6.88. The van der Waals surface area contributed by atoms with Crippen LogP contribution in [0.2, 0.25) is 0 Å². The molecule has 1 aliphatic rings. The summed E-state index contributed by atoms with van der Waals surface area (Å²) in [5.74, 6) is 0.161. The number of benzene rings is 2. The molecule has 2 aromatic carbocycles. The predicted molar refractivity (Wildman–Crippen MR) is 127 cm³/mol. The van der Waals surface area contributed by atoms with Gasteiger partial charge >= 0.3 is 10.1 Å². The first-order chi connectivity index (χ1) is 15.8. The summed E-state index contributed by atoms with van der Waals surface area (Å²) in [5, 5.41) is 4.00. The highest BCUT2D eigenvalue weighted by atomic mass is 32.2. The summed E-state index contributed by atoms with van der Waals surface area (Å²) in [6, 6.07) is 9.89. The number of aryl methyl sites for hydroxylation is 2. The van der Waals surface area contributed by atoms with Crippen LogP contribution in [0.4, 0.5) is 0 Å². The molecular formula is C24H31N3O5S. The van der Waals surface area contributed by atoms with E-state index in [-0.39, 0.29) is 22.3 Å². The smallest absolute Gasteiger partial charge is 0.339 e. The second-order valence-electron chi connectivity index (χ2n) is 8.16. The van der Waals surface area contributed by atoms with Gasteiger partial charge in [-0.15, -0.1) is 0 Å². The number of nitrogens with one attached hydrogen (secondary N) is 1. The van der Waals surface area contributed by atoms with Crippen molar-refractivity contribution in [1.82, 2.24) is 10.3 Å². The molecular weight excluding hydrogens is 442 g/mol. The van der Waals surface area contributed by atoms with Gasteiger partial charge in [-0.05, 0) is 80.7 Å². The molecule has 1 aliphatic heterocycles. The molecule has 0 aromatic heterocycles. The fourth-order valence-electron chi connectivity index (χ4n) is 3.65.